The van der Waals surface area contributed by atoms with Crippen molar-refractivity contribution < 1.29 is 5.11 Å². The van der Waals surface area contributed by atoms with Crippen molar-refractivity contribution in [2.45, 2.75) is 58.0 Å². The predicted octanol–water partition coefficient (Wildman–Crippen LogP) is 3.74. The molecular weight excluding hydrogens is 196 g/mol. The first kappa shape index (κ1) is 11.7. The van der Waals surface area contributed by atoms with Gasteiger partial charge >= 0.3 is 0 Å². The first-order valence-electron chi connectivity index (χ1n) is 6.30. The van der Waals surface area contributed by atoms with Crippen molar-refractivity contribution >= 4 is 0 Å². The Bertz CT molecular complexity index is 374. The highest BCUT2D eigenvalue weighted by atomic mass is 16.3. The first-order valence-corrected chi connectivity index (χ1v) is 6.30. The molecule has 1 atom stereocenters. The molecule has 1 heteroatoms. The highest BCUT2D eigenvalue weighted by Crippen LogP contribution is 2.32. The molecular formula is C15H22O. The Labute approximate surface area is 98.5 Å². The van der Waals surface area contributed by atoms with Gasteiger partial charge in [-0.15, -0.1) is 0 Å². The standard InChI is InChI=1S/C15H22O/c1-15(2,3)12-9-8-11-6-4-5-7-14(16)13(11)10-12/h8-10,14,16H,4-7H2,1-3H3. The van der Waals surface area contributed by atoms with Gasteiger partial charge in [0.2, 0.25) is 0 Å². The molecule has 1 aliphatic carbocycles. The Morgan fingerprint density at radius 1 is 1.19 bits per heavy atom. The van der Waals surface area contributed by atoms with Crippen LogP contribution in [0, 0.1) is 0 Å². The van der Waals surface area contributed by atoms with Crippen LogP contribution in [0.1, 0.15) is 62.8 Å². The average molecular weight is 218 g/mol. The van der Waals surface area contributed by atoms with E-state index in [-0.39, 0.29) is 11.5 Å². The molecule has 1 aromatic rings. The van der Waals surface area contributed by atoms with Crippen molar-refractivity contribution in [2.24, 2.45) is 0 Å². The molecule has 1 aromatic carbocycles. The Morgan fingerprint density at radius 3 is 2.62 bits per heavy atom. The van der Waals surface area contributed by atoms with E-state index in [9.17, 15) is 5.11 Å². The van der Waals surface area contributed by atoms with E-state index in [1.165, 1.54) is 23.1 Å². The van der Waals surface area contributed by atoms with Gasteiger partial charge in [0.15, 0.2) is 0 Å². The highest BCUT2D eigenvalue weighted by Gasteiger charge is 2.20. The molecule has 0 aromatic heterocycles. The van der Waals surface area contributed by atoms with E-state index in [1.54, 1.807) is 0 Å². The molecule has 16 heavy (non-hydrogen) atoms. The number of aliphatic hydroxyl groups excluding tert-OH is 1. The van der Waals surface area contributed by atoms with Crippen LogP contribution in [0.5, 0.6) is 0 Å². The van der Waals surface area contributed by atoms with Gasteiger partial charge in [-0.05, 0) is 41.4 Å². The lowest BCUT2D eigenvalue weighted by Gasteiger charge is -2.22. The maximum Gasteiger partial charge on any atom is 0.0792 e. The van der Waals surface area contributed by atoms with E-state index < -0.39 is 0 Å². The molecule has 1 aliphatic rings. The van der Waals surface area contributed by atoms with Gasteiger partial charge in [-0.3, -0.25) is 0 Å². The lowest BCUT2D eigenvalue weighted by Crippen LogP contribution is -2.12. The van der Waals surface area contributed by atoms with Crippen LogP contribution in [0.4, 0.5) is 0 Å². The second-order valence-electron chi connectivity index (χ2n) is 5.93. The van der Waals surface area contributed by atoms with Crippen molar-refractivity contribution in [2.75, 3.05) is 0 Å². The second kappa shape index (κ2) is 4.21. The van der Waals surface area contributed by atoms with Crippen molar-refractivity contribution in [1.29, 1.82) is 0 Å². The zero-order valence-electron chi connectivity index (χ0n) is 10.6. The van der Waals surface area contributed by atoms with Gasteiger partial charge in [0.05, 0.1) is 6.10 Å². The summed E-state index contributed by atoms with van der Waals surface area (Å²) in [6.07, 6.45) is 4.14. The molecule has 1 N–H and O–H groups in total. The smallest absolute Gasteiger partial charge is 0.0792 e. The summed E-state index contributed by atoms with van der Waals surface area (Å²) in [7, 11) is 0. The monoisotopic (exact) mass is 218 g/mol. The van der Waals surface area contributed by atoms with Gasteiger partial charge in [0.25, 0.3) is 0 Å². The van der Waals surface area contributed by atoms with Crippen molar-refractivity contribution in [3.8, 4) is 0 Å². The Morgan fingerprint density at radius 2 is 1.94 bits per heavy atom. The van der Waals surface area contributed by atoms with E-state index in [4.69, 9.17) is 0 Å². The number of rotatable bonds is 0. The first-order chi connectivity index (χ1) is 7.48. The van der Waals surface area contributed by atoms with Crippen molar-refractivity contribution in [3.05, 3.63) is 34.9 Å². The molecule has 0 fully saturated rings. The molecule has 2 rings (SSSR count). The topological polar surface area (TPSA) is 20.2 Å². The molecule has 0 aliphatic heterocycles. The van der Waals surface area contributed by atoms with Crippen molar-refractivity contribution in [1.82, 2.24) is 0 Å². The third kappa shape index (κ3) is 2.30. The summed E-state index contributed by atoms with van der Waals surface area (Å²) in [6.45, 7) is 6.66. The van der Waals surface area contributed by atoms with Crippen LogP contribution in [-0.2, 0) is 11.8 Å². The maximum absolute atomic E-state index is 10.1. The van der Waals surface area contributed by atoms with Gasteiger partial charge in [-0.2, -0.15) is 0 Å². The Hall–Kier alpha value is -0.820. The average Bonchev–Trinajstić information content (AvgIpc) is 2.39. The SMILES string of the molecule is CC(C)(C)c1ccc2c(c1)C(O)CCCC2. The number of hydrogen-bond donors (Lipinski definition) is 1. The summed E-state index contributed by atoms with van der Waals surface area (Å²) in [6, 6.07) is 6.65. The minimum atomic E-state index is -0.250. The summed E-state index contributed by atoms with van der Waals surface area (Å²) >= 11 is 0. The van der Waals surface area contributed by atoms with E-state index in [0.717, 1.165) is 19.3 Å². The minimum absolute atomic E-state index is 0.168. The maximum atomic E-state index is 10.1. The van der Waals surface area contributed by atoms with Crippen LogP contribution in [0.15, 0.2) is 18.2 Å². The van der Waals surface area contributed by atoms with Gasteiger partial charge < -0.3 is 5.11 Å². The third-order valence-electron chi connectivity index (χ3n) is 3.54. The van der Waals surface area contributed by atoms with Gasteiger partial charge in [0.1, 0.15) is 0 Å². The largest absolute Gasteiger partial charge is 0.388 e. The van der Waals surface area contributed by atoms with Crippen LogP contribution >= 0.6 is 0 Å². The Balaban J connectivity index is 2.43. The van der Waals surface area contributed by atoms with Crippen molar-refractivity contribution in [3.63, 3.8) is 0 Å². The summed E-state index contributed by atoms with van der Waals surface area (Å²) in [5, 5.41) is 10.1. The molecule has 0 saturated carbocycles. The quantitative estimate of drug-likeness (QED) is 0.658. The Kier molecular flexibility index (Phi) is 3.07. The number of hydrogen-bond acceptors (Lipinski definition) is 1. The molecule has 1 nitrogen and oxygen atoms in total. The number of benzene rings is 1. The molecule has 1 unspecified atom stereocenters. The zero-order chi connectivity index (χ0) is 11.8. The van der Waals surface area contributed by atoms with E-state index in [2.05, 4.69) is 39.0 Å². The molecule has 0 amide bonds. The number of aliphatic hydroxyl groups is 1. The lowest BCUT2D eigenvalue weighted by molar-refractivity contribution is 0.166. The van der Waals surface area contributed by atoms with Gasteiger partial charge in [-0.1, -0.05) is 45.4 Å². The van der Waals surface area contributed by atoms with E-state index in [1.807, 2.05) is 0 Å². The zero-order valence-corrected chi connectivity index (χ0v) is 10.6. The lowest BCUT2D eigenvalue weighted by atomic mass is 9.84. The van der Waals surface area contributed by atoms with Crippen LogP contribution in [0.3, 0.4) is 0 Å². The molecule has 0 spiro atoms. The molecule has 0 bridgehead atoms. The predicted molar refractivity (Wildman–Crippen MR) is 67.7 cm³/mol. The van der Waals surface area contributed by atoms with Gasteiger partial charge in [0, 0.05) is 0 Å². The summed E-state index contributed by atoms with van der Waals surface area (Å²) in [5.41, 5.74) is 4.01. The van der Waals surface area contributed by atoms with Crippen LogP contribution in [0.25, 0.3) is 0 Å². The van der Waals surface area contributed by atoms with Crippen LogP contribution < -0.4 is 0 Å². The second-order valence-corrected chi connectivity index (χ2v) is 5.93. The molecule has 0 heterocycles. The fourth-order valence-corrected chi connectivity index (χ4v) is 2.41. The van der Waals surface area contributed by atoms with E-state index >= 15 is 0 Å². The fraction of sp³-hybridized carbons (Fsp3) is 0.600. The normalized spacial score (nSPS) is 21.4. The third-order valence-corrected chi connectivity index (χ3v) is 3.54. The summed E-state index contributed by atoms with van der Waals surface area (Å²) < 4.78 is 0. The van der Waals surface area contributed by atoms with Crippen LogP contribution in [-0.4, -0.2) is 5.11 Å². The highest BCUT2D eigenvalue weighted by molar-refractivity contribution is 5.37. The summed E-state index contributed by atoms with van der Waals surface area (Å²) in [5.74, 6) is 0. The molecule has 88 valence electrons. The number of fused-ring (bicyclic) bond motifs is 1. The number of aryl methyl sites for hydroxylation is 1. The summed E-state index contributed by atoms with van der Waals surface area (Å²) in [4.78, 5) is 0. The molecule has 0 saturated heterocycles. The van der Waals surface area contributed by atoms with E-state index in [0.29, 0.717) is 0 Å². The van der Waals surface area contributed by atoms with Gasteiger partial charge in [-0.25, -0.2) is 0 Å². The fourth-order valence-electron chi connectivity index (χ4n) is 2.41. The minimum Gasteiger partial charge on any atom is -0.388 e. The molecule has 0 radical (unpaired) electrons. The van der Waals surface area contributed by atoms with Crippen LogP contribution in [0.2, 0.25) is 0 Å².